The molecule has 0 atom stereocenters. The van der Waals surface area contributed by atoms with E-state index in [0.717, 1.165) is 10.8 Å². The number of rotatable bonds is 5. The largest absolute Gasteiger partial charge is 0.504 e. The van der Waals surface area contributed by atoms with E-state index in [1.54, 1.807) is 12.1 Å². The van der Waals surface area contributed by atoms with E-state index in [1.165, 1.54) is 0 Å². The molecule has 0 saturated heterocycles. The molecule has 0 heterocycles. The minimum absolute atomic E-state index is 0.0560. The van der Waals surface area contributed by atoms with Crippen molar-refractivity contribution >= 4 is 10.8 Å². The maximum Gasteiger partial charge on any atom is 0.411 e. The normalized spacial score (nSPS) is 11.8. The van der Waals surface area contributed by atoms with Crippen molar-refractivity contribution in [1.82, 2.24) is 0 Å². The van der Waals surface area contributed by atoms with Crippen LogP contribution in [0.4, 0.5) is 13.2 Å². The summed E-state index contributed by atoms with van der Waals surface area (Å²) >= 11 is 0. The Morgan fingerprint density at radius 3 is 2.30 bits per heavy atom. The first-order valence-corrected chi connectivity index (χ1v) is 5.95. The lowest BCUT2D eigenvalue weighted by molar-refractivity contribution is -0.175. The van der Waals surface area contributed by atoms with Crippen LogP contribution in [0.5, 0.6) is 11.5 Å². The molecule has 0 spiro atoms. The molecule has 0 saturated carbocycles. The number of ether oxygens (including phenoxy) is 2. The molecule has 0 aromatic heterocycles. The molecule has 2 aromatic carbocycles. The molecule has 1 N–H and O–H groups in total. The molecule has 0 unspecified atom stereocenters. The highest BCUT2D eigenvalue weighted by atomic mass is 19.4. The van der Waals surface area contributed by atoms with E-state index in [9.17, 15) is 18.3 Å². The van der Waals surface area contributed by atoms with Crippen LogP contribution in [0.1, 0.15) is 0 Å². The van der Waals surface area contributed by atoms with E-state index in [4.69, 9.17) is 4.74 Å². The smallest absolute Gasteiger partial charge is 0.411 e. The number of fused-ring (bicyclic) bond motifs is 1. The molecule has 3 nitrogen and oxygen atoms in total. The molecule has 20 heavy (non-hydrogen) atoms. The summed E-state index contributed by atoms with van der Waals surface area (Å²) in [5.41, 5.74) is 0. The summed E-state index contributed by atoms with van der Waals surface area (Å²) in [6, 6.07) is 10.5. The molecule has 0 aliphatic heterocycles. The lowest BCUT2D eigenvalue weighted by Crippen LogP contribution is -2.19. The van der Waals surface area contributed by atoms with Crippen molar-refractivity contribution in [3.63, 3.8) is 0 Å². The molecule has 2 rings (SSSR count). The van der Waals surface area contributed by atoms with Crippen molar-refractivity contribution in [2.24, 2.45) is 0 Å². The molecule has 0 radical (unpaired) electrons. The first-order chi connectivity index (χ1) is 9.46. The molecule has 2 aromatic rings. The van der Waals surface area contributed by atoms with Gasteiger partial charge in [-0.3, -0.25) is 0 Å². The first-order valence-electron chi connectivity index (χ1n) is 5.95. The van der Waals surface area contributed by atoms with Gasteiger partial charge in [-0.15, -0.1) is 0 Å². The van der Waals surface area contributed by atoms with E-state index in [1.807, 2.05) is 24.3 Å². The second kappa shape index (κ2) is 6.00. The van der Waals surface area contributed by atoms with Gasteiger partial charge in [-0.2, -0.15) is 13.2 Å². The fourth-order valence-corrected chi connectivity index (χ4v) is 1.72. The van der Waals surface area contributed by atoms with Crippen LogP contribution in [-0.2, 0) is 4.74 Å². The molecule has 0 aliphatic rings. The monoisotopic (exact) mass is 286 g/mol. The van der Waals surface area contributed by atoms with E-state index >= 15 is 0 Å². The van der Waals surface area contributed by atoms with Crippen LogP contribution >= 0.6 is 0 Å². The van der Waals surface area contributed by atoms with Crippen LogP contribution in [0.15, 0.2) is 36.4 Å². The van der Waals surface area contributed by atoms with Gasteiger partial charge < -0.3 is 14.6 Å². The lowest BCUT2D eigenvalue weighted by atomic mass is 10.1. The summed E-state index contributed by atoms with van der Waals surface area (Å²) in [7, 11) is 0. The van der Waals surface area contributed by atoms with E-state index in [0.29, 0.717) is 0 Å². The highest BCUT2D eigenvalue weighted by Crippen LogP contribution is 2.31. The Morgan fingerprint density at radius 2 is 1.65 bits per heavy atom. The lowest BCUT2D eigenvalue weighted by Gasteiger charge is -2.11. The number of hydrogen-bond acceptors (Lipinski definition) is 3. The van der Waals surface area contributed by atoms with Gasteiger partial charge in [0, 0.05) is 0 Å². The predicted octanol–water partition coefficient (Wildman–Crippen LogP) is 3.50. The first kappa shape index (κ1) is 14.5. The second-order valence-corrected chi connectivity index (χ2v) is 4.18. The summed E-state index contributed by atoms with van der Waals surface area (Å²) in [5.74, 6) is 0.166. The van der Waals surface area contributed by atoms with E-state index < -0.39 is 12.8 Å². The van der Waals surface area contributed by atoms with Crippen molar-refractivity contribution in [3.05, 3.63) is 36.4 Å². The zero-order valence-electron chi connectivity index (χ0n) is 10.5. The zero-order valence-corrected chi connectivity index (χ0v) is 10.5. The molecule has 0 bridgehead atoms. The minimum atomic E-state index is -4.34. The summed E-state index contributed by atoms with van der Waals surface area (Å²) < 4.78 is 45.1. The Bertz CT molecular complexity index is 581. The average molecular weight is 286 g/mol. The van der Waals surface area contributed by atoms with Gasteiger partial charge in [-0.25, -0.2) is 0 Å². The third-order valence-corrected chi connectivity index (χ3v) is 2.58. The van der Waals surface area contributed by atoms with Crippen LogP contribution < -0.4 is 4.74 Å². The topological polar surface area (TPSA) is 38.7 Å². The Kier molecular flexibility index (Phi) is 4.34. The Labute approximate surface area is 113 Å². The summed E-state index contributed by atoms with van der Waals surface area (Å²) in [6.07, 6.45) is -4.34. The molecule has 6 heteroatoms. The number of phenols is 1. The predicted molar refractivity (Wildman–Crippen MR) is 68.0 cm³/mol. The van der Waals surface area contributed by atoms with Gasteiger partial charge in [-0.1, -0.05) is 24.3 Å². The molecule has 0 amide bonds. The number of benzene rings is 2. The van der Waals surface area contributed by atoms with Gasteiger partial charge >= 0.3 is 6.18 Å². The summed E-state index contributed by atoms with van der Waals surface area (Å²) in [5, 5.41) is 11.5. The standard InChI is InChI=1S/C14H13F3O3/c15-14(16,17)9-19-5-6-20-13-8-11-4-2-1-3-10(11)7-12(13)18/h1-4,7-8,18H,5-6,9H2. The van der Waals surface area contributed by atoms with Gasteiger partial charge in [0.1, 0.15) is 13.2 Å². The molecular weight excluding hydrogens is 273 g/mol. The van der Waals surface area contributed by atoms with Gasteiger partial charge in [0.25, 0.3) is 0 Å². The third-order valence-electron chi connectivity index (χ3n) is 2.58. The SMILES string of the molecule is Oc1cc2ccccc2cc1OCCOCC(F)(F)F. The van der Waals surface area contributed by atoms with Crippen molar-refractivity contribution in [2.45, 2.75) is 6.18 Å². The number of aromatic hydroxyl groups is 1. The highest BCUT2D eigenvalue weighted by Gasteiger charge is 2.27. The van der Waals surface area contributed by atoms with Crippen molar-refractivity contribution in [1.29, 1.82) is 0 Å². The Balaban J connectivity index is 1.91. The Hall–Kier alpha value is -1.95. The molecule has 108 valence electrons. The van der Waals surface area contributed by atoms with Crippen molar-refractivity contribution < 1.29 is 27.8 Å². The van der Waals surface area contributed by atoms with Crippen LogP contribution in [0.2, 0.25) is 0 Å². The third kappa shape index (κ3) is 4.03. The van der Waals surface area contributed by atoms with Crippen LogP contribution in [0.25, 0.3) is 10.8 Å². The van der Waals surface area contributed by atoms with Crippen molar-refractivity contribution in [2.75, 3.05) is 19.8 Å². The van der Waals surface area contributed by atoms with Crippen molar-refractivity contribution in [3.8, 4) is 11.5 Å². The fraction of sp³-hybridized carbons (Fsp3) is 0.286. The molecule has 0 aliphatic carbocycles. The quantitative estimate of drug-likeness (QED) is 0.855. The number of hydrogen-bond donors (Lipinski definition) is 1. The van der Waals surface area contributed by atoms with Crippen LogP contribution in [0, 0.1) is 0 Å². The van der Waals surface area contributed by atoms with E-state index in [2.05, 4.69) is 4.74 Å². The number of alkyl halides is 3. The highest BCUT2D eigenvalue weighted by molar-refractivity contribution is 5.85. The minimum Gasteiger partial charge on any atom is -0.504 e. The number of phenolic OH excluding ortho intramolecular Hbond substituents is 1. The molecular formula is C14H13F3O3. The zero-order chi connectivity index (χ0) is 14.6. The van der Waals surface area contributed by atoms with Gasteiger partial charge in [0.05, 0.1) is 6.61 Å². The maximum absolute atomic E-state index is 11.8. The fourth-order valence-electron chi connectivity index (χ4n) is 1.72. The Morgan fingerprint density at radius 1 is 1.00 bits per heavy atom. The number of halogens is 3. The van der Waals surface area contributed by atoms with Gasteiger partial charge in [0.15, 0.2) is 11.5 Å². The average Bonchev–Trinajstić information content (AvgIpc) is 2.37. The van der Waals surface area contributed by atoms with Gasteiger partial charge in [-0.05, 0) is 22.9 Å². The van der Waals surface area contributed by atoms with E-state index in [-0.39, 0.29) is 24.7 Å². The van der Waals surface area contributed by atoms with Crippen LogP contribution in [0.3, 0.4) is 0 Å². The second-order valence-electron chi connectivity index (χ2n) is 4.18. The maximum atomic E-state index is 11.8. The summed E-state index contributed by atoms with van der Waals surface area (Å²) in [6.45, 7) is -1.58. The van der Waals surface area contributed by atoms with Crippen LogP contribution in [-0.4, -0.2) is 31.1 Å². The van der Waals surface area contributed by atoms with Gasteiger partial charge in [0.2, 0.25) is 0 Å². The summed E-state index contributed by atoms with van der Waals surface area (Å²) in [4.78, 5) is 0. The molecule has 0 fully saturated rings.